The Balaban J connectivity index is 1.28. The highest BCUT2D eigenvalue weighted by Crippen LogP contribution is 2.37. The minimum absolute atomic E-state index is 0.0225. The summed E-state index contributed by atoms with van der Waals surface area (Å²) in [4.78, 5) is 57.1. The number of carbonyl (C=O) groups excluding carboxylic acids is 4. The second-order valence-corrected chi connectivity index (χ2v) is 14.1. The third-order valence-corrected chi connectivity index (χ3v) is 10.1. The van der Waals surface area contributed by atoms with Crippen LogP contribution in [0.1, 0.15) is 45.8 Å². The number of nitrogens with one attached hydrogen (secondary N) is 3. The molecule has 1 atom stereocenters. The van der Waals surface area contributed by atoms with Crippen LogP contribution in [0.25, 0.3) is 6.08 Å². The van der Waals surface area contributed by atoms with E-state index in [2.05, 4.69) is 22.0 Å². The van der Waals surface area contributed by atoms with Crippen molar-refractivity contribution in [2.45, 2.75) is 37.0 Å². The number of thioether (sulfide) groups is 1. The van der Waals surface area contributed by atoms with Crippen LogP contribution in [-0.2, 0) is 27.3 Å². The van der Waals surface area contributed by atoms with E-state index in [0.717, 1.165) is 26.6 Å². The van der Waals surface area contributed by atoms with Gasteiger partial charge in [0.25, 0.3) is 11.8 Å². The Labute approximate surface area is 293 Å². The number of fused-ring (bicyclic) bond motifs is 1. The normalized spacial score (nSPS) is 13.0. The molecule has 0 saturated carbocycles. The Hall–Kier alpha value is -5.38. The molecular formula is C37H36N6O4S2. The van der Waals surface area contributed by atoms with E-state index in [1.807, 2.05) is 55.4 Å². The van der Waals surface area contributed by atoms with Gasteiger partial charge in [-0.05, 0) is 73.0 Å². The zero-order chi connectivity index (χ0) is 35.1. The maximum atomic E-state index is 13.6. The molecule has 250 valence electrons. The second kappa shape index (κ2) is 15.7. The summed E-state index contributed by atoms with van der Waals surface area (Å²) >= 11 is 2.64. The van der Waals surface area contributed by atoms with Gasteiger partial charge in [-0.3, -0.25) is 19.2 Å². The highest BCUT2D eigenvalue weighted by Gasteiger charge is 2.27. The number of thiophene rings is 1. The summed E-state index contributed by atoms with van der Waals surface area (Å²) in [5.74, 6) is -1.22. The fraction of sp³-hybridized carbons (Fsp3) is 0.216. The molecule has 2 heterocycles. The van der Waals surface area contributed by atoms with Gasteiger partial charge in [-0.1, -0.05) is 36.4 Å². The molecule has 10 nitrogen and oxygen atoms in total. The summed E-state index contributed by atoms with van der Waals surface area (Å²) in [7, 11) is 3.88. The van der Waals surface area contributed by atoms with Gasteiger partial charge in [0.2, 0.25) is 11.8 Å². The molecule has 1 aromatic heterocycles. The van der Waals surface area contributed by atoms with Gasteiger partial charge < -0.3 is 25.8 Å². The van der Waals surface area contributed by atoms with E-state index in [4.69, 9.17) is 0 Å². The first-order valence-corrected chi connectivity index (χ1v) is 17.3. The lowest BCUT2D eigenvalue weighted by Gasteiger charge is -2.25. The number of hydrogen-bond acceptors (Lipinski definition) is 8. The molecule has 0 bridgehead atoms. The molecule has 3 aromatic carbocycles. The van der Waals surface area contributed by atoms with Gasteiger partial charge in [-0.2, -0.15) is 5.26 Å². The van der Waals surface area contributed by atoms with Crippen LogP contribution in [0, 0.1) is 11.3 Å². The van der Waals surface area contributed by atoms with Gasteiger partial charge in [-0.15, -0.1) is 23.1 Å². The zero-order valence-corrected chi connectivity index (χ0v) is 29.2. The highest BCUT2D eigenvalue weighted by molar-refractivity contribution is 8.00. The van der Waals surface area contributed by atoms with Crippen LogP contribution in [0.3, 0.4) is 0 Å². The van der Waals surface area contributed by atoms with Crippen molar-refractivity contribution in [3.8, 4) is 6.07 Å². The molecule has 1 unspecified atom stereocenters. The van der Waals surface area contributed by atoms with Crippen molar-refractivity contribution in [1.29, 1.82) is 5.26 Å². The number of anilines is 3. The molecule has 0 saturated heterocycles. The van der Waals surface area contributed by atoms with E-state index in [0.29, 0.717) is 41.3 Å². The number of hydrogen-bond donors (Lipinski definition) is 3. The van der Waals surface area contributed by atoms with Crippen LogP contribution in [0.4, 0.5) is 16.4 Å². The van der Waals surface area contributed by atoms with E-state index < -0.39 is 17.1 Å². The number of rotatable bonds is 10. The van der Waals surface area contributed by atoms with Crippen molar-refractivity contribution in [1.82, 2.24) is 10.2 Å². The van der Waals surface area contributed by atoms with Crippen LogP contribution >= 0.6 is 23.1 Å². The fourth-order valence-corrected chi connectivity index (χ4v) is 7.32. The Morgan fingerprint density at radius 1 is 1.00 bits per heavy atom. The van der Waals surface area contributed by atoms with Crippen LogP contribution in [0.5, 0.6) is 0 Å². The lowest BCUT2D eigenvalue weighted by atomic mass is 10.0. The standard InChI is InChI=1S/C37H36N6O4S2/c1-23(34(45)41-37-31(21-38)30-17-18-43(24(2)44)22-33(30)49-37)48-29-12-8-11-27(20-29)39-36(47)32(40-35(46)26-9-6-5-7-10-26)19-25-13-15-28(16-14-25)42(3)4/h5-16,19-20,23H,17-18,22H2,1-4H3,(H,39,47)(H,40,46)(H,41,45)/b32-19+. The Bertz CT molecular complexity index is 1950. The number of amides is 4. The zero-order valence-electron chi connectivity index (χ0n) is 27.6. The quantitative estimate of drug-likeness (QED) is 0.135. The predicted molar refractivity (Wildman–Crippen MR) is 196 cm³/mol. The largest absolute Gasteiger partial charge is 0.378 e. The van der Waals surface area contributed by atoms with E-state index in [1.54, 1.807) is 60.4 Å². The summed E-state index contributed by atoms with van der Waals surface area (Å²) in [6, 6.07) is 25.6. The Kier molecular flexibility index (Phi) is 11.2. The molecule has 4 aromatic rings. The Morgan fingerprint density at radius 2 is 1.73 bits per heavy atom. The molecule has 0 spiro atoms. The van der Waals surface area contributed by atoms with E-state index in [-0.39, 0.29) is 17.5 Å². The fourth-order valence-electron chi connectivity index (χ4n) is 5.17. The highest BCUT2D eigenvalue weighted by atomic mass is 32.2. The minimum Gasteiger partial charge on any atom is -0.378 e. The van der Waals surface area contributed by atoms with Crippen molar-refractivity contribution >= 4 is 69.2 Å². The molecule has 49 heavy (non-hydrogen) atoms. The average Bonchev–Trinajstić information content (AvgIpc) is 3.44. The van der Waals surface area contributed by atoms with Crippen LogP contribution in [-0.4, -0.2) is 54.4 Å². The van der Waals surface area contributed by atoms with Gasteiger partial charge in [0.1, 0.15) is 16.8 Å². The van der Waals surface area contributed by atoms with Crippen LogP contribution < -0.4 is 20.9 Å². The van der Waals surface area contributed by atoms with E-state index in [9.17, 15) is 24.4 Å². The van der Waals surface area contributed by atoms with Crippen molar-refractivity contribution in [3.05, 3.63) is 112 Å². The van der Waals surface area contributed by atoms with Crippen molar-refractivity contribution in [3.63, 3.8) is 0 Å². The third-order valence-electron chi connectivity index (χ3n) is 7.87. The number of benzene rings is 3. The molecule has 1 aliphatic rings. The molecule has 4 amide bonds. The summed E-state index contributed by atoms with van der Waals surface area (Å²) in [5.41, 5.74) is 4.04. The maximum Gasteiger partial charge on any atom is 0.272 e. The van der Waals surface area contributed by atoms with Gasteiger partial charge in [-0.25, -0.2) is 0 Å². The monoisotopic (exact) mass is 692 g/mol. The molecule has 5 rings (SSSR count). The number of nitrogens with zero attached hydrogens (tertiary/aromatic N) is 3. The number of carbonyl (C=O) groups is 4. The first-order chi connectivity index (χ1) is 23.5. The first-order valence-electron chi connectivity index (χ1n) is 15.6. The van der Waals surface area contributed by atoms with Crippen molar-refractivity contribution in [2.75, 3.05) is 36.2 Å². The van der Waals surface area contributed by atoms with E-state index in [1.165, 1.54) is 30.0 Å². The molecular weight excluding hydrogens is 657 g/mol. The SMILES string of the molecule is CC(=O)N1CCc2c(sc(NC(=O)C(C)Sc3cccc(NC(=O)/C(=C\c4ccc(N(C)C)cc4)NC(=O)c4ccccc4)c3)c2C#N)C1. The molecule has 0 fully saturated rings. The lowest BCUT2D eigenvalue weighted by molar-refractivity contribution is -0.129. The lowest BCUT2D eigenvalue weighted by Crippen LogP contribution is -2.33. The van der Waals surface area contributed by atoms with Gasteiger partial charge in [0.05, 0.1) is 17.4 Å². The van der Waals surface area contributed by atoms with Crippen molar-refractivity contribution in [2.24, 2.45) is 0 Å². The summed E-state index contributed by atoms with van der Waals surface area (Å²) in [5, 5.41) is 18.4. The minimum atomic E-state index is -0.531. The topological polar surface area (TPSA) is 135 Å². The summed E-state index contributed by atoms with van der Waals surface area (Å²) in [6.07, 6.45) is 2.19. The first kappa shape index (κ1) is 34.9. The molecule has 0 radical (unpaired) electrons. The van der Waals surface area contributed by atoms with Crippen molar-refractivity contribution < 1.29 is 19.2 Å². The summed E-state index contributed by atoms with van der Waals surface area (Å²) < 4.78 is 0. The molecule has 3 N–H and O–H groups in total. The third kappa shape index (κ3) is 8.76. The van der Waals surface area contributed by atoms with Gasteiger partial charge in [0, 0.05) is 54.3 Å². The Morgan fingerprint density at radius 3 is 2.41 bits per heavy atom. The number of nitriles is 1. The van der Waals surface area contributed by atoms with E-state index >= 15 is 0 Å². The average molecular weight is 693 g/mol. The molecule has 0 aliphatic carbocycles. The smallest absolute Gasteiger partial charge is 0.272 e. The second-order valence-electron chi connectivity index (χ2n) is 11.6. The predicted octanol–water partition coefficient (Wildman–Crippen LogP) is 6.12. The molecule has 1 aliphatic heterocycles. The summed E-state index contributed by atoms with van der Waals surface area (Å²) in [6.45, 7) is 4.26. The van der Waals surface area contributed by atoms with Crippen LogP contribution in [0.2, 0.25) is 0 Å². The van der Waals surface area contributed by atoms with Crippen LogP contribution in [0.15, 0.2) is 89.5 Å². The molecule has 12 heteroatoms. The van der Waals surface area contributed by atoms with Gasteiger partial charge in [0.15, 0.2) is 0 Å². The maximum absolute atomic E-state index is 13.6. The van der Waals surface area contributed by atoms with Gasteiger partial charge >= 0.3 is 0 Å².